The molecule has 0 fully saturated rings. The van der Waals surface area contributed by atoms with Gasteiger partial charge in [0.15, 0.2) is 5.16 Å². The SMILES string of the molecule is CCCn1c(SCC(O)COc2ccc(NC(C)=O)cc2)nc2cc(Cl)ccc21. The summed E-state index contributed by atoms with van der Waals surface area (Å²) < 4.78 is 7.81. The van der Waals surface area contributed by atoms with Crippen LogP contribution in [-0.4, -0.2) is 39.0 Å². The van der Waals surface area contributed by atoms with Gasteiger partial charge in [0, 0.05) is 29.9 Å². The van der Waals surface area contributed by atoms with Crippen molar-refractivity contribution in [3.8, 4) is 5.75 Å². The quantitative estimate of drug-likeness (QED) is 0.482. The van der Waals surface area contributed by atoms with Crippen molar-refractivity contribution in [2.45, 2.75) is 38.1 Å². The molecule has 29 heavy (non-hydrogen) atoms. The highest BCUT2D eigenvalue weighted by molar-refractivity contribution is 7.99. The lowest BCUT2D eigenvalue weighted by Gasteiger charge is -2.13. The molecule has 0 aliphatic heterocycles. The van der Waals surface area contributed by atoms with Crippen molar-refractivity contribution in [2.75, 3.05) is 17.7 Å². The van der Waals surface area contributed by atoms with E-state index in [4.69, 9.17) is 16.3 Å². The molecule has 0 saturated heterocycles. The maximum Gasteiger partial charge on any atom is 0.221 e. The number of aliphatic hydroxyl groups is 1. The molecule has 6 nitrogen and oxygen atoms in total. The molecule has 2 N–H and O–H groups in total. The van der Waals surface area contributed by atoms with Gasteiger partial charge in [-0.2, -0.15) is 0 Å². The fraction of sp³-hybridized carbons (Fsp3) is 0.333. The number of amides is 1. The molecular formula is C21H24ClN3O3S. The molecule has 0 radical (unpaired) electrons. The standard InChI is InChI=1S/C21H24ClN3O3S/c1-3-10-25-20-9-4-15(22)11-19(20)24-21(25)29-13-17(27)12-28-18-7-5-16(6-8-18)23-14(2)26/h4-9,11,17,27H,3,10,12-13H2,1-2H3,(H,23,26). The van der Waals surface area contributed by atoms with Crippen LogP contribution >= 0.6 is 23.4 Å². The second-order valence-electron chi connectivity index (χ2n) is 6.66. The number of rotatable bonds is 9. The maximum atomic E-state index is 11.0. The molecule has 2 aromatic carbocycles. The van der Waals surface area contributed by atoms with Crippen LogP contribution in [0.3, 0.4) is 0 Å². The number of hydrogen-bond acceptors (Lipinski definition) is 5. The number of benzene rings is 2. The number of aromatic nitrogens is 2. The largest absolute Gasteiger partial charge is 0.491 e. The zero-order valence-corrected chi connectivity index (χ0v) is 18.0. The molecule has 3 rings (SSSR count). The number of nitrogens with one attached hydrogen (secondary N) is 1. The van der Waals surface area contributed by atoms with E-state index in [-0.39, 0.29) is 12.5 Å². The zero-order chi connectivity index (χ0) is 20.8. The van der Waals surface area contributed by atoms with Crippen molar-refractivity contribution in [3.05, 3.63) is 47.5 Å². The zero-order valence-electron chi connectivity index (χ0n) is 16.4. The molecule has 0 bridgehead atoms. The van der Waals surface area contributed by atoms with Gasteiger partial charge in [-0.05, 0) is 48.9 Å². The van der Waals surface area contributed by atoms with Crippen LogP contribution in [0.15, 0.2) is 47.6 Å². The van der Waals surface area contributed by atoms with Gasteiger partial charge in [0.25, 0.3) is 0 Å². The van der Waals surface area contributed by atoms with Gasteiger partial charge in [-0.15, -0.1) is 0 Å². The summed E-state index contributed by atoms with van der Waals surface area (Å²) in [4.78, 5) is 15.7. The predicted octanol–water partition coefficient (Wildman–Crippen LogP) is 4.59. The second-order valence-corrected chi connectivity index (χ2v) is 8.08. The van der Waals surface area contributed by atoms with Gasteiger partial charge >= 0.3 is 0 Å². The molecule has 0 aliphatic carbocycles. The lowest BCUT2D eigenvalue weighted by atomic mass is 10.3. The van der Waals surface area contributed by atoms with Crippen LogP contribution in [-0.2, 0) is 11.3 Å². The minimum Gasteiger partial charge on any atom is -0.491 e. The van der Waals surface area contributed by atoms with Gasteiger partial charge in [-0.25, -0.2) is 4.98 Å². The lowest BCUT2D eigenvalue weighted by Crippen LogP contribution is -2.20. The van der Waals surface area contributed by atoms with E-state index >= 15 is 0 Å². The molecule has 154 valence electrons. The molecule has 1 atom stereocenters. The molecule has 8 heteroatoms. The molecule has 1 unspecified atom stereocenters. The van der Waals surface area contributed by atoms with Crippen molar-refractivity contribution in [3.63, 3.8) is 0 Å². The summed E-state index contributed by atoms with van der Waals surface area (Å²) in [5.74, 6) is 0.976. The van der Waals surface area contributed by atoms with Gasteiger partial charge in [0.1, 0.15) is 12.4 Å². The third-order valence-corrected chi connectivity index (χ3v) is 5.50. The topological polar surface area (TPSA) is 76.4 Å². The first-order valence-corrected chi connectivity index (χ1v) is 10.8. The van der Waals surface area contributed by atoms with E-state index in [1.165, 1.54) is 18.7 Å². The van der Waals surface area contributed by atoms with Crippen molar-refractivity contribution in [1.29, 1.82) is 0 Å². The number of thioether (sulfide) groups is 1. The van der Waals surface area contributed by atoms with Crippen molar-refractivity contribution in [2.24, 2.45) is 0 Å². The molecule has 0 aliphatic rings. The average Bonchev–Trinajstić information content (AvgIpc) is 3.02. The number of carbonyl (C=O) groups excluding carboxylic acids is 1. The van der Waals surface area contributed by atoms with Crippen LogP contribution in [0.25, 0.3) is 11.0 Å². The Morgan fingerprint density at radius 3 is 2.76 bits per heavy atom. The smallest absolute Gasteiger partial charge is 0.221 e. The van der Waals surface area contributed by atoms with E-state index in [9.17, 15) is 9.90 Å². The third-order valence-electron chi connectivity index (χ3n) is 4.14. The summed E-state index contributed by atoms with van der Waals surface area (Å²) in [6, 6.07) is 12.7. The molecule has 1 heterocycles. The molecule has 0 spiro atoms. The highest BCUT2D eigenvalue weighted by Crippen LogP contribution is 2.27. The number of carbonyl (C=O) groups is 1. The number of ether oxygens (including phenoxy) is 1. The number of anilines is 1. The Morgan fingerprint density at radius 1 is 1.31 bits per heavy atom. The first-order valence-electron chi connectivity index (χ1n) is 9.43. The van der Waals surface area contributed by atoms with Crippen LogP contribution in [0.2, 0.25) is 5.02 Å². The molecule has 1 amide bonds. The third kappa shape index (κ3) is 5.88. The van der Waals surface area contributed by atoms with Crippen LogP contribution < -0.4 is 10.1 Å². The van der Waals surface area contributed by atoms with Gasteiger partial charge in [-0.3, -0.25) is 4.79 Å². The van der Waals surface area contributed by atoms with Gasteiger partial charge in [0.05, 0.1) is 17.1 Å². The van der Waals surface area contributed by atoms with Gasteiger partial charge in [0.2, 0.25) is 5.91 Å². The first kappa shape index (κ1) is 21.5. The summed E-state index contributed by atoms with van der Waals surface area (Å²) in [5, 5.41) is 14.5. The second kappa shape index (κ2) is 10.0. The molecule has 1 aromatic heterocycles. The monoisotopic (exact) mass is 433 g/mol. The lowest BCUT2D eigenvalue weighted by molar-refractivity contribution is -0.114. The van der Waals surface area contributed by atoms with E-state index < -0.39 is 6.10 Å². The predicted molar refractivity (Wildman–Crippen MR) is 118 cm³/mol. The summed E-state index contributed by atoms with van der Waals surface area (Å²) >= 11 is 7.59. The number of aryl methyl sites for hydroxylation is 1. The van der Waals surface area contributed by atoms with E-state index in [1.54, 1.807) is 24.3 Å². The number of halogens is 1. The summed E-state index contributed by atoms with van der Waals surface area (Å²) in [7, 11) is 0. The van der Waals surface area contributed by atoms with Crippen LogP contribution in [0, 0.1) is 0 Å². The van der Waals surface area contributed by atoms with Gasteiger partial charge in [-0.1, -0.05) is 30.3 Å². The van der Waals surface area contributed by atoms with Crippen molar-refractivity contribution in [1.82, 2.24) is 9.55 Å². The Hall–Kier alpha value is -2.22. The number of fused-ring (bicyclic) bond motifs is 1. The van der Waals surface area contributed by atoms with Crippen LogP contribution in [0.1, 0.15) is 20.3 Å². The Bertz CT molecular complexity index is 975. The summed E-state index contributed by atoms with van der Waals surface area (Å²) in [6.45, 7) is 4.61. The number of hydrogen-bond donors (Lipinski definition) is 2. The Labute approximate surface area is 179 Å². The minimum atomic E-state index is -0.645. The Balaban J connectivity index is 1.57. The number of aliphatic hydroxyl groups excluding tert-OH is 1. The van der Waals surface area contributed by atoms with Crippen LogP contribution in [0.4, 0.5) is 5.69 Å². The van der Waals surface area contributed by atoms with Crippen molar-refractivity contribution >= 4 is 46.0 Å². The van der Waals surface area contributed by atoms with E-state index in [2.05, 4.69) is 21.8 Å². The molecular weight excluding hydrogens is 410 g/mol. The Kier molecular flexibility index (Phi) is 7.41. The maximum absolute atomic E-state index is 11.0. The van der Waals surface area contributed by atoms with E-state index in [0.29, 0.717) is 22.2 Å². The number of nitrogens with zero attached hydrogens (tertiary/aromatic N) is 2. The fourth-order valence-corrected chi connectivity index (χ4v) is 3.99. The Morgan fingerprint density at radius 2 is 2.07 bits per heavy atom. The van der Waals surface area contributed by atoms with Crippen LogP contribution in [0.5, 0.6) is 5.75 Å². The first-order chi connectivity index (χ1) is 14.0. The molecule has 3 aromatic rings. The highest BCUT2D eigenvalue weighted by Gasteiger charge is 2.14. The normalized spacial score (nSPS) is 12.1. The van der Waals surface area contributed by atoms with E-state index in [0.717, 1.165) is 29.2 Å². The van der Waals surface area contributed by atoms with Gasteiger partial charge < -0.3 is 19.7 Å². The fourth-order valence-electron chi connectivity index (χ4n) is 2.88. The summed E-state index contributed by atoms with van der Waals surface area (Å²) in [6.07, 6.45) is 0.343. The number of imidazole rings is 1. The van der Waals surface area contributed by atoms with Crippen molar-refractivity contribution < 1.29 is 14.6 Å². The molecule has 0 saturated carbocycles. The highest BCUT2D eigenvalue weighted by atomic mass is 35.5. The van der Waals surface area contributed by atoms with E-state index in [1.807, 2.05) is 18.2 Å². The average molecular weight is 434 g/mol. The minimum absolute atomic E-state index is 0.123. The summed E-state index contributed by atoms with van der Waals surface area (Å²) in [5.41, 5.74) is 2.61.